The Balaban J connectivity index is 2.72. The van der Waals surface area contributed by atoms with Crippen LogP contribution in [0.1, 0.15) is 18.1 Å². The number of methoxy groups -OCH3 is 1. The standard InChI is InChI=1S/C15H19NO3/c1-4-16(11-15(18)19-3)14(17)10-9-13-8-6-5-7-12(13)2/h5-10H,4,11H2,1-3H3. The maximum absolute atomic E-state index is 11.9. The summed E-state index contributed by atoms with van der Waals surface area (Å²) < 4.78 is 4.56. The number of rotatable bonds is 5. The highest BCUT2D eigenvalue weighted by Gasteiger charge is 2.13. The number of hydrogen-bond donors (Lipinski definition) is 0. The molecule has 0 aromatic heterocycles. The molecule has 0 saturated heterocycles. The predicted octanol–water partition coefficient (Wildman–Crippen LogP) is 2.03. The summed E-state index contributed by atoms with van der Waals surface area (Å²) in [4.78, 5) is 24.5. The van der Waals surface area contributed by atoms with Crippen molar-refractivity contribution in [1.82, 2.24) is 4.90 Å². The van der Waals surface area contributed by atoms with Gasteiger partial charge in [-0.15, -0.1) is 0 Å². The van der Waals surface area contributed by atoms with Gasteiger partial charge in [0.05, 0.1) is 7.11 Å². The first-order valence-corrected chi connectivity index (χ1v) is 6.18. The zero-order valence-corrected chi connectivity index (χ0v) is 11.6. The second kappa shape index (κ2) is 7.36. The van der Waals surface area contributed by atoms with Crippen LogP contribution in [0, 0.1) is 6.92 Å². The van der Waals surface area contributed by atoms with Crippen LogP contribution in [0.2, 0.25) is 0 Å². The average Bonchev–Trinajstić information content (AvgIpc) is 2.43. The summed E-state index contributed by atoms with van der Waals surface area (Å²) in [6.45, 7) is 4.24. The van der Waals surface area contributed by atoms with Crippen molar-refractivity contribution in [1.29, 1.82) is 0 Å². The molecule has 0 N–H and O–H groups in total. The van der Waals surface area contributed by atoms with Crippen molar-refractivity contribution in [3.8, 4) is 0 Å². The van der Waals surface area contributed by atoms with Crippen molar-refractivity contribution in [3.63, 3.8) is 0 Å². The Morgan fingerprint density at radius 1 is 1.32 bits per heavy atom. The fourth-order valence-electron chi connectivity index (χ4n) is 1.61. The minimum atomic E-state index is -0.417. The van der Waals surface area contributed by atoms with Crippen LogP contribution in [-0.2, 0) is 14.3 Å². The van der Waals surface area contributed by atoms with Gasteiger partial charge in [0.2, 0.25) is 5.91 Å². The number of carbonyl (C=O) groups is 2. The number of likely N-dealkylation sites (N-methyl/N-ethyl adjacent to an activating group) is 1. The zero-order valence-electron chi connectivity index (χ0n) is 11.6. The van der Waals surface area contributed by atoms with E-state index in [1.54, 1.807) is 6.08 Å². The fourth-order valence-corrected chi connectivity index (χ4v) is 1.61. The average molecular weight is 261 g/mol. The van der Waals surface area contributed by atoms with E-state index in [0.29, 0.717) is 6.54 Å². The molecule has 1 rings (SSSR count). The van der Waals surface area contributed by atoms with Gasteiger partial charge in [-0.1, -0.05) is 24.3 Å². The van der Waals surface area contributed by atoms with E-state index >= 15 is 0 Å². The van der Waals surface area contributed by atoms with Gasteiger partial charge >= 0.3 is 5.97 Å². The minimum Gasteiger partial charge on any atom is -0.468 e. The second-order valence-electron chi connectivity index (χ2n) is 4.12. The maximum Gasteiger partial charge on any atom is 0.325 e. The topological polar surface area (TPSA) is 46.6 Å². The molecular formula is C15H19NO3. The SMILES string of the molecule is CCN(CC(=O)OC)C(=O)C=Cc1ccccc1C. The largest absolute Gasteiger partial charge is 0.468 e. The van der Waals surface area contributed by atoms with Gasteiger partial charge in [0.15, 0.2) is 0 Å². The molecule has 0 radical (unpaired) electrons. The summed E-state index contributed by atoms with van der Waals surface area (Å²) in [5.41, 5.74) is 2.09. The van der Waals surface area contributed by atoms with Crippen molar-refractivity contribution < 1.29 is 14.3 Å². The Hall–Kier alpha value is -2.10. The summed E-state index contributed by atoms with van der Waals surface area (Å²) in [6.07, 6.45) is 3.24. The summed E-state index contributed by atoms with van der Waals surface area (Å²) in [6, 6.07) is 7.79. The lowest BCUT2D eigenvalue weighted by Crippen LogP contribution is -2.34. The molecule has 0 spiro atoms. The van der Waals surface area contributed by atoms with Gasteiger partial charge in [0, 0.05) is 12.6 Å². The molecule has 0 fully saturated rings. The number of esters is 1. The molecule has 0 unspecified atom stereocenters. The minimum absolute atomic E-state index is 0.0239. The number of aryl methyl sites for hydroxylation is 1. The molecule has 1 amide bonds. The van der Waals surface area contributed by atoms with Gasteiger partial charge in [-0.3, -0.25) is 9.59 Å². The molecule has 102 valence electrons. The number of benzene rings is 1. The smallest absolute Gasteiger partial charge is 0.325 e. The number of nitrogens with zero attached hydrogens (tertiary/aromatic N) is 1. The lowest BCUT2D eigenvalue weighted by molar-refractivity contribution is -0.145. The third-order valence-corrected chi connectivity index (χ3v) is 2.83. The van der Waals surface area contributed by atoms with Crippen LogP contribution in [0.3, 0.4) is 0 Å². The Bertz CT molecular complexity index is 480. The van der Waals surface area contributed by atoms with E-state index in [-0.39, 0.29) is 12.5 Å². The lowest BCUT2D eigenvalue weighted by atomic mass is 10.1. The molecule has 4 nitrogen and oxygen atoms in total. The van der Waals surface area contributed by atoms with E-state index in [9.17, 15) is 9.59 Å². The number of ether oxygens (including phenoxy) is 1. The lowest BCUT2D eigenvalue weighted by Gasteiger charge is -2.17. The molecule has 0 saturated carbocycles. The van der Waals surface area contributed by atoms with Gasteiger partial charge in [0.1, 0.15) is 6.54 Å². The Morgan fingerprint density at radius 3 is 2.58 bits per heavy atom. The molecule has 19 heavy (non-hydrogen) atoms. The van der Waals surface area contributed by atoms with E-state index in [0.717, 1.165) is 11.1 Å². The summed E-state index contributed by atoms with van der Waals surface area (Å²) in [5, 5.41) is 0. The first kappa shape index (κ1) is 15.0. The molecule has 0 bridgehead atoms. The fraction of sp³-hybridized carbons (Fsp3) is 0.333. The molecule has 0 heterocycles. The molecule has 0 aliphatic heterocycles. The van der Waals surface area contributed by atoms with Crippen molar-refractivity contribution in [2.24, 2.45) is 0 Å². The predicted molar refractivity (Wildman–Crippen MR) is 74.5 cm³/mol. The molecule has 4 heteroatoms. The Labute approximate surface area is 113 Å². The Morgan fingerprint density at radius 2 is 2.00 bits per heavy atom. The highest BCUT2D eigenvalue weighted by molar-refractivity contribution is 5.93. The van der Waals surface area contributed by atoms with E-state index in [4.69, 9.17) is 0 Å². The Kier molecular flexibility index (Phi) is 5.79. The van der Waals surface area contributed by atoms with E-state index in [1.807, 2.05) is 38.1 Å². The van der Waals surface area contributed by atoms with Crippen LogP contribution in [0.25, 0.3) is 6.08 Å². The second-order valence-corrected chi connectivity index (χ2v) is 4.12. The zero-order chi connectivity index (χ0) is 14.3. The van der Waals surface area contributed by atoms with Gasteiger partial charge < -0.3 is 9.64 Å². The van der Waals surface area contributed by atoms with Crippen LogP contribution in [0.15, 0.2) is 30.3 Å². The van der Waals surface area contributed by atoms with Crippen LogP contribution in [-0.4, -0.2) is 37.0 Å². The molecule has 0 aliphatic carbocycles. The summed E-state index contributed by atoms with van der Waals surface area (Å²) in [5.74, 6) is -0.615. The van der Waals surface area contributed by atoms with E-state index in [2.05, 4.69) is 4.74 Å². The third kappa shape index (κ3) is 4.58. The van der Waals surface area contributed by atoms with Crippen LogP contribution in [0.5, 0.6) is 0 Å². The maximum atomic E-state index is 11.9. The molecule has 0 atom stereocenters. The van der Waals surface area contributed by atoms with Crippen LogP contribution < -0.4 is 0 Å². The van der Waals surface area contributed by atoms with Gasteiger partial charge in [-0.2, -0.15) is 0 Å². The quantitative estimate of drug-likeness (QED) is 0.602. The van der Waals surface area contributed by atoms with E-state index in [1.165, 1.54) is 18.1 Å². The van der Waals surface area contributed by atoms with Crippen LogP contribution in [0.4, 0.5) is 0 Å². The summed E-state index contributed by atoms with van der Waals surface area (Å²) in [7, 11) is 1.31. The first-order valence-electron chi connectivity index (χ1n) is 6.18. The van der Waals surface area contributed by atoms with Gasteiger partial charge in [0.25, 0.3) is 0 Å². The molecule has 1 aromatic rings. The third-order valence-electron chi connectivity index (χ3n) is 2.83. The number of amides is 1. The van der Waals surface area contributed by atoms with Crippen molar-refractivity contribution in [3.05, 3.63) is 41.5 Å². The van der Waals surface area contributed by atoms with E-state index < -0.39 is 5.97 Å². The normalized spacial score (nSPS) is 10.5. The van der Waals surface area contributed by atoms with Crippen molar-refractivity contribution in [2.75, 3.05) is 20.2 Å². The molecular weight excluding hydrogens is 242 g/mol. The van der Waals surface area contributed by atoms with Crippen LogP contribution >= 0.6 is 0 Å². The highest BCUT2D eigenvalue weighted by atomic mass is 16.5. The molecule has 0 aliphatic rings. The van der Waals surface area contributed by atoms with Gasteiger partial charge in [-0.05, 0) is 31.1 Å². The first-order chi connectivity index (χ1) is 9.08. The van der Waals surface area contributed by atoms with Crippen molar-refractivity contribution >= 4 is 18.0 Å². The number of carbonyl (C=O) groups excluding carboxylic acids is 2. The number of hydrogen-bond acceptors (Lipinski definition) is 3. The summed E-state index contributed by atoms with van der Waals surface area (Å²) >= 11 is 0. The van der Waals surface area contributed by atoms with Crippen molar-refractivity contribution in [2.45, 2.75) is 13.8 Å². The molecule has 1 aromatic carbocycles. The van der Waals surface area contributed by atoms with Gasteiger partial charge in [-0.25, -0.2) is 0 Å². The highest BCUT2D eigenvalue weighted by Crippen LogP contribution is 2.09. The monoisotopic (exact) mass is 261 g/mol.